The zero-order valence-electron chi connectivity index (χ0n) is 18.1. The van der Waals surface area contributed by atoms with E-state index >= 15 is 0 Å². The summed E-state index contributed by atoms with van der Waals surface area (Å²) in [4.78, 5) is 23.8. The van der Waals surface area contributed by atoms with E-state index in [1.807, 2.05) is 19.1 Å². The van der Waals surface area contributed by atoms with Gasteiger partial charge in [0.15, 0.2) is 18.1 Å². The molecule has 30 heavy (non-hydrogen) atoms. The van der Waals surface area contributed by atoms with Crippen molar-refractivity contribution in [2.45, 2.75) is 33.1 Å². The highest BCUT2D eigenvalue weighted by Gasteiger charge is 2.14. The molecule has 0 unspecified atom stereocenters. The van der Waals surface area contributed by atoms with Crippen molar-refractivity contribution in [1.29, 1.82) is 0 Å². The number of likely N-dealkylation sites (N-methyl/N-ethyl adjacent to an activating group) is 1. The predicted molar refractivity (Wildman–Crippen MR) is 117 cm³/mol. The van der Waals surface area contributed by atoms with Crippen molar-refractivity contribution >= 4 is 18.0 Å². The number of amides is 2. The number of hydrogen-bond acceptors (Lipinski definition) is 5. The molecule has 0 spiro atoms. The van der Waals surface area contributed by atoms with Gasteiger partial charge in [-0.05, 0) is 53.8 Å². The van der Waals surface area contributed by atoms with E-state index in [0.29, 0.717) is 29.2 Å². The topological polar surface area (TPSA) is 89.0 Å². The summed E-state index contributed by atoms with van der Waals surface area (Å²) in [6, 6.07) is 12.6. The third kappa shape index (κ3) is 6.62. The van der Waals surface area contributed by atoms with Gasteiger partial charge in [-0.2, -0.15) is 5.10 Å². The van der Waals surface area contributed by atoms with Gasteiger partial charge in [0.05, 0.1) is 13.3 Å². The van der Waals surface area contributed by atoms with Crippen molar-refractivity contribution < 1.29 is 19.1 Å². The maximum absolute atomic E-state index is 12.3. The molecule has 7 heteroatoms. The first-order chi connectivity index (χ1) is 14.2. The number of carbonyl (C=O) groups is 2. The molecule has 2 N–H and O–H groups in total. The van der Waals surface area contributed by atoms with Crippen LogP contribution in [0.1, 0.15) is 49.2 Å². The van der Waals surface area contributed by atoms with Crippen LogP contribution in [0.4, 0.5) is 0 Å². The van der Waals surface area contributed by atoms with Gasteiger partial charge in [0.1, 0.15) is 0 Å². The molecule has 0 heterocycles. The lowest BCUT2D eigenvalue weighted by Crippen LogP contribution is -2.28. The van der Waals surface area contributed by atoms with E-state index in [4.69, 9.17) is 9.47 Å². The van der Waals surface area contributed by atoms with Crippen LogP contribution < -0.4 is 20.2 Å². The Morgan fingerprint density at radius 3 is 2.37 bits per heavy atom. The third-order valence-corrected chi connectivity index (χ3v) is 4.31. The molecule has 2 amide bonds. The molecule has 2 aromatic rings. The minimum atomic E-state index is -0.291. The fraction of sp³-hybridized carbons (Fsp3) is 0.348. The lowest BCUT2D eigenvalue weighted by atomic mass is 9.87. The Labute approximate surface area is 177 Å². The van der Waals surface area contributed by atoms with Crippen LogP contribution in [-0.4, -0.2) is 38.3 Å². The van der Waals surface area contributed by atoms with Crippen LogP contribution in [0.5, 0.6) is 11.5 Å². The average Bonchev–Trinajstić information content (AvgIpc) is 2.72. The lowest BCUT2D eigenvalue weighted by Gasteiger charge is -2.18. The fourth-order valence-electron chi connectivity index (χ4n) is 2.63. The molecule has 0 radical (unpaired) electrons. The summed E-state index contributed by atoms with van der Waals surface area (Å²) in [5, 5.41) is 6.67. The standard InChI is InChI=1S/C23H29N3O4/c1-6-24-21(27)15-30-19-12-7-16(13-20(19)29-5)14-25-26-22(28)17-8-10-18(11-9-17)23(2,3)4/h7-14H,6,15H2,1-5H3,(H,24,27)(H,26,28)/b25-14-. The normalized spacial score (nSPS) is 11.2. The Balaban J connectivity index is 1.98. The Hall–Kier alpha value is -3.35. The molecule has 2 rings (SSSR count). The number of rotatable bonds is 8. The van der Waals surface area contributed by atoms with E-state index in [2.05, 4.69) is 36.6 Å². The highest BCUT2D eigenvalue weighted by Crippen LogP contribution is 2.27. The van der Waals surface area contributed by atoms with Crippen LogP contribution in [0, 0.1) is 0 Å². The highest BCUT2D eigenvalue weighted by atomic mass is 16.5. The number of hydrazone groups is 1. The van der Waals surface area contributed by atoms with Gasteiger partial charge >= 0.3 is 0 Å². The van der Waals surface area contributed by atoms with E-state index in [9.17, 15) is 9.59 Å². The smallest absolute Gasteiger partial charge is 0.271 e. The summed E-state index contributed by atoms with van der Waals surface area (Å²) in [5.41, 5.74) is 4.95. The number of ether oxygens (including phenoxy) is 2. The molecule has 2 aromatic carbocycles. The van der Waals surface area contributed by atoms with Crippen molar-refractivity contribution in [2.24, 2.45) is 5.10 Å². The number of nitrogens with zero attached hydrogens (tertiary/aromatic N) is 1. The minimum Gasteiger partial charge on any atom is -0.493 e. The second kappa shape index (κ2) is 10.4. The Morgan fingerprint density at radius 1 is 1.07 bits per heavy atom. The zero-order chi connectivity index (χ0) is 22.1. The summed E-state index contributed by atoms with van der Waals surface area (Å²) in [6.45, 7) is 8.65. The number of benzene rings is 2. The van der Waals surface area contributed by atoms with Crippen LogP contribution in [-0.2, 0) is 10.2 Å². The predicted octanol–water partition coefficient (Wildman–Crippen LogP) is 3.27. The average molecular weight is 412 g/mol. The number of hydrogen-bond donors (Lipinski definition) is 2. The molecule has 0 aliphatic rings. The van der Waals surface area contributed by atoms with Crippen LogP contribution >= 0.6 is 0 Å². The summed E-state index contributed by atoms with van der Waals surface area (Å²) in [5.74, 6) is 0.417. The summed E-state index contributed by atoms with van der Waals surface area (Å²) in [7, 11) is 1.51. The number of carbonyl (C=O) groups excluding carboxylic acids is 2. The van der Waals surface area contributed by atoms with Crippen molar-refractivity contribution in [1.82, 2.24) is 10.7 Å². The van der Waals surface area contributed by atoms with Crippen LogP contribution in [0.15, 0.2) is 47.6 Å². The van der Waals surface area contributed by atoms with Gasteiger partial charge in [-0.1, -0.05) is 32.9 Å². The number of methoxy groups -OCH3 is 1. The summed E-state index contributed by atoms with van der Waals surface area (Å²) >= 11 is 0. The van der Waals surface area contributed by atoms with Crippen molar-refractivity contribution in [3.8, 4) is 11.5 Å². The number of nitrogens with one attached hydrogen (secondary N) is 2. The monoisotopic (exact) mass is 411 g/mol. The van der Waals surface area contributed by atoms with Gasteiger partial charge in [-0.15, -0.1) is 0 Å². The molecule has 0 aliphatic carbocycles. The molecule has 0 aromatic heterocycles. The van der Waals surface area contributed by atoms with E-state index < -0.39 is 0 Å². The third-order valence-electron chi connectivity index (χ3n) is 4.31. The molecule has 0 aliphatic heterocycles. The van der Waals surface area contributed by atoms with Crippen molar-refractivity contribution in [3.63, 3.8) is 0 Å². The van der Waals surface area contributed by atoms with Gasteiger partial charge in [-0.3, -0.25) is 9.59 Å². The van der Waals surface area contributed by atoms with E-state index in [0.717, 1.165) is 5.56 Å². The molecular weight excluding hydrogens is 382 g/mol. The van der Waals surface area contributed by atoms with Crippen molar-refractivity contribution in [2.75, 3.05) is 20.3 Å². The first kappa shape index (κ1) is 22.9. The Bertz CT molecular complexity index is 900. The fourth-order valence-corrected chi connectivity index (χ4v) is 2.63. The second-order valence-electron chi connectivity index (χ2n) is 7.68. The highest BCUT2D eigenvalue weighted by molar-refractivity contribution is 5.95. The summed E-state index contributed by atoms with van der Waals surface area (Å²) < 4.78 is 10.8. The minimum absolute atomic E-state index is 0.0297. The van der Waals surface area contributed by atoms with E-state index in [-0.39, 0.29) is 23.8 Å². The second-order valence-corrected chi connectivity index (χ2v) is 7.68. The van der Waals surface area contributed by atoms with E-state index in [1.54, 1.807) is 30.3 Å². The van der Waals surface area contributed by atoms with Crippen LogP contribution in [0.3, 0.4) is 0 Å². The molecule has 0 saturated carbocycles. The first-order valence-corrected chi connectivity index (χ1v) is 9.76. The molecule has 0 atom stereocenters. The molecule has 0 saturated heterocycles. The van der Waals surface area contributed by atoms with Gasteiger partial charge < -0.3 is 14.8 Å². The maximum Gasteiger partial charge on any atom is 0.271 e. The van der Waals surface area contributed by atoms with Crippen LogP contribution in [0.2, 0.25) is 0 Å². The maximum atomic E-state index is 12.3. The molecule has 0 bridgehead atoms. The summed E-state index contributed by atoms with van der Waals surface area (Å²) in [6.07, 6.45) is 1.51. The van der Waals surface area contributed by atoms with Gasteiger partial charge in [0.25, 0.3) is 11.8 Å². The first-order valence-electron chi connectivity index (χ1n) is 9.76. The van der Waals surface area contributed by atoms with Crippen molar-refractivity contribution in [3.05, 3.63) is 59.2 Å². The quantitative estimate of drug-likeness (QED) is 0.515. The largest absolute Gasteiger partial charge is 0.493 e. The van der Waals surface area contributed by atoms with Gasteiger partial charge in [0.2, 0.25) is 0 Å². The van der Waals surface area contributed by atoms with Gasteiger partial charge in [-0.25, -0.2) is 5.43 Å². The van der Waals surface area contributed by atoms with E-state index in [1.165, 1.54) is 13.3 Å². The molecule has 160 valence electrons. The molecule has 7 nitrogen and oxygen atoms in total. The Kier molecular flexibility index (Phi) is 7.98. The Morgan fingerprint density at radius 2 is 1.77 bits per heavy atom. The zero-order valence-corrected chi connectivity index (χ0v) is 18.1. The SMILES string of the molecule is CCNC(=O)COc1ccc(/C=N\NC(=O)c2ccc(C(C)(C)C)cc2)cc1OC. The van der Waals surface area contributed by atoms with Gasteiger partial charge in [0, 0.05) is 12.1 Å². The molecule has 0 fully saturated rings. The lowest BCUT2D eigenvalue weighted by molar-refractivity contribution is -0.123. The molecular formula is C23H29N3O4. The van der Waals surface area contributed by atoms with Crippen LogP contribution in [0.25, 0.3) is 0 Å².